The number of rotatable bonds is 4. The summed E-state index contributed by atoms with van der Waals surface area (Å²) in [6, 6.07) is 8.83. The fraction of sp³-hybridized carbons (Fsp3) is 0.533. The van der Waals surface area contributed by atoms with E-state index in [0.29, 0.717) is 12.1 Å². The van der Waals surface area contributed by atoms with E-state index >= 15 is 0 Å². The third kappa shape index (κ3) is 2.51. The predicted molar refractivity (Wildman–Crippen MR) is 76.0 cm³/mol. The fourth-order valence-corrected chi connectivity index (χ4v) is 2.93. The molecule has 0 bridgehead atoms. The lowest BCUT2D eigenvalue weighted by molar-refractivity contribution is 0.107. The molecule has 4 heteroatoms. The van der Waals surface area contributed by atoms with Gasteiger partial charge in [0.05, 0.1) is 23.7 Å². The van der Waals surface area contributed by atoms with Crippen molar-refractivity contribution in [1.82, 2.24) is 14.9 Å². The zero-order valence-electron chi connectivity index (χ0n) is 11.6. The normalized spacial score (nSPS) is 23.3. The predicted octanol–water partition coefficient (Wildman–Crippen LogP) is 2.23. The molecule has 0 spiro atoms. The smallest absolute Gasteiger partial charge is 0.123 e. The van der Waals surface area contributed by atoms with Crippen LogP contribution in [0.15, 0.2) is 24.3 Å². The highest BCUT2D eigenvalue weighted by atomic mass is 16.5. The van der Waals surface area contributed by atoms with Crippen molar-refractivity contribution in [3.63, 3.8) is 0 Å². The van der Waals surface area contributed by atoms with Gasteiger partial charge in [0.15, 0.2) is 0 Å². The zero-order valence-corrected chi connectivity index (χ0v) is 11.6. The van der Waals surface area contributed by atoms with Crippen molar-refractivity contribution in [3.8, 4) is 0 Å². The molecule has 0 amide bonds. The number of aromatic nitrogens is 2. The highest BCUT2D eigenvalue weighted by molar-refractivity contribution is 5.75. The highest BCUT2D eigenvalue weighted by Gasteiger charge is 2.24. The quantitative estimate of drug-likeness (QED) is 0.915. The van der Waals surface area contributed by atoms with Crippen LogP contribution in [0.25, 0.3) is 11.0 Å². The van der Waals surface area contributed by atoms with E-state index < -0.39 is 0 Å². The average Bonchev–Trinajstić information content (AvgIpc) is 3.02. The number of imidazole rings is 1. The first kappa shape index (κ1) is 12.6. The van der Waals surface area contributed by atoms with E-state index in [4.69, 9.17) is 4.74 Å². The molecule has 0 saturated heterocycles. The van der Waals surface area contributed by atoms with Crippen molar-refractivity contribution in [3.05, 3.63) is 30.1 Å². The first-order valence-electron chi connectivity index (χ1n) is 6.94. The molecule has 3 rings (SSSR count). The number of para-hydroxylation sites is 2. The first-order valence-corrected chi connectivity index (χ1v) is 6.94. The van der Waals surface area contributed by atoms with Crippen molar-refractivity contribution in [2.24, 2.45) is 7.05 Å². The van der Waals surface area contributed by atoms with Gasteiger partial charge in [-0.3, -0.25) is 0 Å². The summed E-state index contributed by atoms with van der Waals surface area (Å²) in [6.07, 6.45) is 3.90. The van der Waals surface area contributed by atoms with Gasteiger partial charge in [0, 0.05) is 20.2 Å². The Kier molecular flexibility index (Phi) is 3.53. The number of ether oxygens (including phenoxy) is 1. The van der Waals surface area contributed by atoms with Crippen LogP contribution in [0.1, 0.15) is 25.1 Å². The van der Waals surface area contributed by atoms with E-state index in [1.165, 1.54) is 11.9 Å². The minimum atomic E-state index is 0.429. The summed E-state index contributed by atoms with van der Waals surface area (Å²) in [5.41, 5.74) is 2.27. The molecule has 0 radical (unpaired) electrons. The topological polar surface area (TPSA) is 39.1 Å². The summed E-state index contributed by atoms with van der Waals surface area (Å²) < 4.78 is 7.58. The van der Waals surface area contributed by atoms with Crippen molar-refractivity contribution in [2.75, 3.05) is 7.11 Å². The highest BCUT2D eigenvalue weighted by Crippen LogP contribution is 2.22. The number of aryl methyl sites for hydroxylation is 1. The summed E-state index contributed by atoms with van der Waals surface area (Å²) in [6.45, 7) is 0.826. The molecule has 102 valence electrons. The summed E-state index contributed by atoms with van der Waals surface area (Å²) in [5.74, 6) is 1.10. The SMILES string of the molecule is COC1CCC(NCc2nc3ccccc3n2C)C1. The maximum Gasteiger partial charge on any atom is 0.123 e. The molecule has 1 N–H and O–H groups in total. The maximum absolute atomic E-state index is 5.40. The molecule has 2 aromatic rings. The summed E-state index contributed by atoms with van der Waals surface area (Å²) in [7, 11) is 3.89. The Morgan fingerprint density at radius 3 is 2.95 bits per heavy atom. The van der Waals surface area contributed by atoms with Gasteiger partial charge in [-0.05, 0) is 31.4 Å². The first-order chi connectivity index (χ1) is 9.28. The van der Waals surface area contributed by atoms with Gasteiger partial charge in [-0.1, -0.05) is 12.1 Å². The Labute approximate surface area is 113 Å². The second-order valence-corrected chi connectivity index (χ2v) is 5.32. The molecule has 1 aliphatic carbocycles. The molecule has 1 heterocycles. The van der Waals surface area contributed by atoms with Gasteiger partial charge >= 0.3 is 0 Å². The number of nitrogens with zero attached hydrogens (tertiary/aromatic N) is 2. The molecule has 2 atom stereocenters. The number of hydrogen-bond acceptors (Lipinski definition) is 3. The van der Waals surface area contributed by atoms with Crippen LogP contribution in [-0.2, 0) is 18.3 Å². The molecule has 1 fully saturated rings. The Bertz CT molecular complexity index is 564. The van der Waals surface area contributed by atoms with Crippen LogP contribution in [0.3, 0.4) is 0 Å². The van der Waals surface area contributed by atoms with Gasteiger partial charge in [0.1, 0.15) is 5.82 Å². The molecule has 4 nitrogen and oxygen atoms in total. The molecule has 1 aromatic carbocycles. The largest absolute Gasteiger partial charge is 0.381 e. The Morgan fingerprint density at radius 1 is 1.37 bits per heavy atom. The van der Waals surface area contributed by atoms with E-state index in [2.05, 4.69) is 40.1 Å². The van der Waals surface area contributed by atoms with Crippen LogP contribution < -0.4 is 5.32 Å². The second-order valence-electron chi connectivity index (χ2n) is 5.32. The van der Waals surface area contributed by atoms with Crippen LogP contribution in [0.4, 0.5) is 0 Å². The van der Waals surface area contributed by atoms with Crippen molar-refractivity contribution in [1.29, 1.82) is 0 Å². The Hall–Kier alpha value is -1.39. The molecule has 0 aliphatic heterocycles. The van der Waals surface area contributed by atoms with Gasteiger partial charge in [-0.25, -0.2) is 4.98 Å². The minimum absolute atomic E-state index is 0.429. The minimum Gasteiger partial charge on any atom is -0.381 e. The van der Waals surface area contributed by atoms with Crippen molar-refractivity contribution in [2.45, 2.75) is 38.0 Å². The van der Waals surface area contributed by atoms with Gasteiger partial charge in [0.2, 0.25) is 0 Å². The van der Waals surface area contributed by atoms with Gasteiger partial charge < -0.3 is 14.6 Å². The van der Waals surface area contributed by atoms with E-state index in [9.17, 15) is 0 Å². The van der Waals surface area contributed by atoms with Gasteiger partial charge in [0.25, 0.3) is 0 Å². The lowest BCUT2D eigenvalue weighted by Gasteiger charge is -2.12. The van der Waals surface area contributed by atoms with E-state index in [0.717, 1.165) is 30.7 Å². The summed E-state index contributed by atoms with van der Waals surface area (Å²) in [4.78, 5) is 4.68. The molecular formula is C15H21N3O. The number of methoxy groups -OCH3 is 1. The average molecular weight is 259 g/mol. The number of fused-ring (bicyclic) bond motifs is 1. The van der Waals surface area contributed by atoms with Crippen LogP contribution >= 0.6 is 0 Å². The third-order valence-electron chi connectivity index (χ3n) is 4.15. The van der Waals surface area contributed by atoms with E-state index in [-0.39, 0.29) is 0 Å². The van der Waals surface area contributed by atoms with E-state index in [1.54, 1.807) is 7.11 Å². The van der Waals surface area contributed by atoms with Gasteiger partial charge in [-0.2, -0.15) is 0 Å². The second kappa shape index (κ2) is 5.31. The Balaban J connectivity index is 1.67. The molecule has 1 saturated carbocycles. The van der Waals surface area contributed by atoms with Crippen LogP contribution in [0.2, 0.25) is 0 Å². The molecule has 1 aliphatic rings. The lowest BCUT2D eigenvalue weighted by Crippen LogP contribution is -2.27. The van der Waals surface area contributed by atoms with Crippen LogP contribution in [0.5, 0.6) is 0 Å². The number of nitrogens with one attached hydrogen (secondary N) is 1. The number of benzene rings is 1. The monoisotopic (exact) mass is 259 g/mol. The third-order valence-corrected chi connectivity index (χ3v) is 4.15. The summed E-state index contributed by atoms with van der Waals surface area (Å²) >= 11 is 0. The lowest BCUT2D eigenvalue weighted by atomic mass is 10.2. The Morgan fingerprint density at radius 2 is 2.21 bits per heavy atom. The van der Waals surface area contributed by atoms with Gasteiger partial charge in [-0.15, -0.1) is 0 Å². The molecule has 2 unspecified atom stereocenters. The summed E-state index contributed by atoms with van der Waals surface area (Å²) in [5, 5.41) is 3.60. The van der Waals surface area contributed by atoms with Crippen molar-refractivity contribution < 1.29 is 4.74 Å². The maximum atomic E-state index is 5.40. The zero-order chi connectivity index (χ0) is 13.2. The standard InChI is InChI=1S/C15H21N3O/c1-18-14-6-4-3-5-13(14)17-15(18)10-16-11-7-8-12(9-11)19-2/h3-6,11-12,16H,7-10H2,1-2H3. The fourth-order valence-electron chi connectivity index (χ4n) is 2.93. The van der Waals surface area contributed by atoms with E-state index in [1.807, 2.05) is 6.07 Å². The molecular weight excluding hydrogens is 238 g/mol. The van der Waals surface area contributed by atoms with Crippen molar-refractivity contribution >= 4 is 11.0 Å². The molecule has 19 heavy (non-hydrogen) atoms. The van der Waals surface area contributed by atoms with Crippen LogP contribution in [0, 0.1) is 0 Å². The molecule has 1 aromatic heterocycles. The number of hydrogen-bond donors (Lipinski definition) is 1. The van der Waals surface area contributed by atoms with Crippen LogP contribution in [-0.4, -0.2) is 28.8 Å².